The van der Waals surface area contributed by atoms with Gasteiger partial charge in [0.25, 0.3) is 0 Å². The lowest BCUT2D eigenvalue weighted by molar-refractivity contribution is -0.296. The van der Waals surface area contributed by atoms with E-state index in [0.29, 0.717) is 69.5 Å². The number of benzene rings is 1. The smallest absolute Gasteiger partial charge is 0.412 e. The molecule has 0 bridgehead atoms. The largest absolute Gasteiger partial charge is 0.458 e. The van der Waals surface area contributed by atoms with Gasteiger partial charge >= 0.3 is 18.2 Å². The van der Waals surface area contributed by atoms with Gasteiger partial charge in [-0.3, -0.25) is 29.3 Å². The zero-order valence-corrected chi connectivity index (χ0v) is 47.7. The van der Waals surface area contributed by atoms with Crippen LogP contribution in [0.2, 0.25) is 0 Å². The van der Waals surface area contributed by atoms with Crippen LogP contribution in [0.5, 0.6) is 0 Å². The van der Waals surface area contributed by atoms with Gasteiger partial charge in [0.2, 0.25) is 5.91 Å². The predicted octanol–water partition coefficient (Wildman–Crippen LogP) is 6.97. The van der Waals surface area contributed by atoms with Gasteiger partial charge in [-0.1, -0.05) is 58.9 Å². The van der Waals surface area contributed by atoms with E-state index in [1.54, 1.807) is 63.4 Å². The SMILES string of the molecule is CC[C@H]1OC(=O)[C@H](C)C(=O)[C@H](C)[C@@H](O[C@@H]2O[C@H](CNC(=O)CCC(C)(C)C)CC(N(C)C)C2O)[C@](C)(OC)C[C@@H](C)CN[C@H](C)[C@H]2N(CCCCn3cc(-c4cccc(NC(=O)OC(C)(C)C)c4)nn3)C(=O)O[C@]12C. The lowest BCUT2D eigenvalue weighted by atomic mass is 9.78. The molecule has 2 unspecified atom stereocenters. The Labute approximate surface area is 445 Å². The second-order valence-corrected chi connectivity index (χ2v) is 24.0. The molecular formula is C55H90N8O12. The summed E-state index contributed by atoms with van der Waals surface area (Å²) in [5.41, 5.74) is -1.15. The van der Waals surface area contributed by atoms with Gasteiger partial charge in [-0.2, -0.15) is 0 Å². The quantitative estimate of drug-likeness (QED) is 0.0575. The summed E-state index contributed by atoms with van der Waals surface area (Å²) in [5, 5.41) is 30.0. The molecule has 75 heavy (non-hydrogen) atoms. The number of Topliss-reactive ketones (excluding diaryl/α,β-unsaturated/α-hetero) is 1. The van der Waals surface area contributed by atoms with Crippen LogP contribution in [0.1, 0.15) is 135 Å². The van der Waals surface area contributed by atoms with Gasteiger partial charge in [0, 0.05) is 62.4 Å². The molecule has 2 aromatic rings. The molecule has 20 nitrogen and oxygen atoms in total. The number of esters is 1. The van der Waals surface area contributed by atoms with E-state index < -0.39 is 95.4 Å². The molecule has 1 aromatic carbocycles. The average molecular weight is 1060 g/mol. The number of ketones is 1. The number of unbranched alkanes of at least 4 members (excludes halogenated alkanes) is 1. The Hall–Kier alpha value is -4.73. The molecule has 3 saturated heterocycles. The Morgan fingerprint density at radius 3 is 2.36 bits per heavy atom. The van der Waals surface area contributed by atoms with Gasteiger partial charge in [0.15, 0.2) is 17.7 Å². The van der Waals surface area contributed by atoms with E-state index in [0.717, 1.165) is 12.0 Å². The Bertz CT molecular complexity index is 2250. The number of hydrogen-bond acceptors (Lipinski definition) is 16. The van der Waals surface area contributed by atoms with Crippen LogP contribution >= 0.6 is 0 Å². The number of likely N-dealkylation sites (N-methyl/N-ethyl adjacent to an activating group) is 1. The molecule has 20 heteroatoms. The number of aromatic nitrogens is 3. The van der Waals surface area contributed by atoms with E-state index in [4.69, 9.17) is 28.4 Å². The average Bonchev–Trinajstić information content (AvgIpc) is 3.91. The Kier molecular flexibility index (Phi) is 20.9. The lowest BCUT2D eigenvalue weighted by Crippen LogP contribution is -2.61. The summed E-state index contributed by atoms with van der Waals surface area (Å²) in [6.07, 6.45) is -0.629. The standard InChI is InChI=1S/C55H90N8O12/c1-17-42-55(13)46(63(51(69)75-55)26-19-18-25-62-32-40(59-60-62)37-21-20-22-38(27-37)58-50(68)74-53(9,10)11)36(5)56-30-33(2)29-54(12,70-16)47(34(3)44(65)35(4)48(67)72-42)73-49-45(66)41(61(14)15)28-39(71-49)31-57-43(64)23-24-52(6,7)8/h20-22,27,32-36,39,41-42,45-47,49,56,66H,17-19,23-26,28-31H2,1-16H3,(H,57,64)(H,58,68)/t33-,34+,35-,36-,39+,41?,42-,45?,46-,47-,49+,54-,55-/m1/s1. The zero-order valence-electron chi connectivity index (χ0n) is 47.7. The lowest BCUT2D eigenvalue weighted by Gasteiger charge is -2.47. The number of nitrogens with one attached hydrogen (secondary N) is 3. The van der Waals surface area contributed by atoms with Crippen LogP contribution in [0.3, 0.4) is 0 Å². The zero-order chi connectivity index (χ0) is 55.8. The number of hydrogen-bond donors (Lipinski definition) is 4. The number of amides is 3. The van der Waals surface area contributed by atoms with Crippen molar-refractivity contribution < 1.29 is 57.5 Å². The molecule has 3 aliphatic rings. The van der Waals surface area contributed by atoms with E-state index in [2.05, 4.69) is 54.0 Å². The molecule has 422 valence electrons. The Balaban J connectivity index is 1.33. The number of ether oxygens (including phenoxy) is 6. The van der Waals surface area contributed by atoms with E-state index in [-0.39, 0.29) is 29.8 Å². The third-order valence-corrected chi connectivity index (χ3v) is 15.0. The van der Waals surface area contributed by atoms with Crippen LogP contribution in [-0.4, -0.2) is 166 Å². The Morgan fingerprint density at radius 1 is 1.03 bits per heavy atom. The summed E-state index contributed by atoms with van der Waals surface area (Å²) in [6.45, 7) is 26.0. The molecule has 3 aliphatic heterocycles. The molecule has 3 fully saturated rings. The van der Waals surface area contributed by atoms with Gasteiger partial charge in [-0.15, -0.1) is 5.10 Å². The van der Waals surface area contributed by atoms with Gasteiger partial charge in [-0.25, -0.2) is 9.59 Å². The van der Waals surface area contributed by atoms with Crippen molar-refractivity contribution in [2.75, 3.05) is 46.2 Å². The number of rotatable bonds is 16. The number of aryl methyl sites for hydroxylation is 1. The summed E-state index contributed by atoms with van der Waals surface area (Å²) >= 11 is 0. The summed E-state index contributed by atoms with van der Waals surface area (Å²) in [7, 11) is 5.28. The number of aliphatic hydroxyl groups excluding tert-OH is 1. The van der Waals surface area contributed by atoms with Gasteiger partial charge in [0.1, 0.15) is 29.4 Å². The molecule has 3 amide bonds. The molecule has 1 aromatic heterocycles. The summed E-state index contributed by atoms with van der Waals surface area (Å²) in [6, 6.07) is 5.91. The van der Waals surface area contributed by atoms with E-state index >= 15 is 0 Å². The highest BCUT2D eigenvalue weighted by Crippen LogP contribution is 2.40. The van der Waals surface area contributed by atoms with Crippen molar-refractivity contribution in [3.05, 3.63) is 30.5 Å². The van der Waals surface area contributed by atoms with Crippen LogP contribution in [0.25, 0.3) is 11.3 Å². The topological polar surface area (TPSA) is 234 Å². The number of aliphatic hydroxyl groups is 1. The van der Waals surface area contributed by atoms with Crippen molar-refractivity contribution in [3.63, 3.8) is 0 Å². The molecule has 0 saturated carbocycles. The van der Waals surface area contributed by atoms with Crippen LogP contribution in [-0.2, 0) is 49.3 Å². The maximum absolute atomic E-state index is 14.7. The first kappa shape index (κ1) is 61.1. The molecule has 0 aliphatic carbocycles. The number of fused-ring (bicyclic) bond motifs is 1. The van der Waals surface area contributed by atoms with Crippen LogP contribution in [0.15, 0.2) is 30.5 Å². The van der Waals surface area contributed by atoms with Crippen molar-refractivity contribution >= 4 is 35.5 Å². The van der Waals surface area contributed by atoms with Crippen molar-refractivity contribution in [2.24, 2.45) is 23.2 Å². The second kappa shape index (κ2) is 25.6. The first-order chi connectivity index (χ1) is 35.0. The summed E-state index contributed by atoms with van der Waals surface area (Å²) in [5.74, 6) is -3.62. The maximum Gasteiger partial charge on any atom is 0.412 e. The minimum Gasteiger partial charge on any atom is -0.458 e. The minimum absolute atomic E-state index is 0.00569. The van der Waals surface area contributed by atoms with Crippen LogP contribution < -0.4 is 16.0 Å². The number of cyclic esters (lactones) is 1. The Morgan fingerprint density at radius 2 is 1.72 bits per heavy atom. The summed E-state index contributed by atoms with van der Waals surface area (Å²) < 4.78 is 39.3. The predicted molar refractivity (Wildman–Crippen MR) is 283 cm³/mol. The highest BCUT2D eigenvalue weighted by molar-refractivity contribution is 6.00. The van der Waals surface area contributed by atoms with E-state index in [9.17, 15) is 29.1 Å². The minimum atomic E-state index is -1.30. The number of anilines is 1. The molecule has 4 heterocycles. The third-order valence-electron chi connectivity index (χ3n) is 15.0. The van der Waals surface area contributed by atoms with Gasteiger partial charge in [-0.05, 0) is 131 Å². The van der Waals surface area contributed by atoms with Crippen molar-refractivity contribution in [1.29, 1.82) is 0 Å². The summed E-state index contributed by atoms with van der Waals surface area (Å²) in [4.78, 5) is 71.9. The normalized spacial score (nSPS) is 31.5. The molecule has 5 rings (SSSR count). The van der Waals surface area contributed by atoms with Gasteiger partial charge < -0.3 is 49.1 Å². The fourth-order valence-corrected chi connectivity index (χ4v) is 10.8. The number of carbonyl (C=O) groups is 5. The first-order valence-electron chi connectivity index (χ1n) is 26.9. The van der Waals surface area contributed by atoms with Crippen molar-refractivity contribution in [3.8, 4) is 11.3 Å². The monoisotopic (exact) mass is 1050 g/mol. The molecule has 4 N–H and O–H groups in total. The number of carbonyl (C=O) groups excluding carboxylic acids is 5. The fourth-order valence-electron chi connectivity index (χ4n) is 10.8. The highest BCUT2D eigenvalue weighted by Gasteiger charge is 2.59. The van der Waals surface area contributed by atoms with E-state index in [1.807, 2.05) is 58.1 Å². The second-order valence-electron chi connectivity index (χ2n) is 24.0. The van der Waals surface area contributed by atoms with Crippen LogP contribution in [0, 0.1) is 23.2 Å². The number of methoxy groups -OCH3 is 1. The molecule has 0 spiro atoms. The number of nitrogens with zero attached hydrogens (tertiary/aromatic N) is 5. The highest BCUT2D eigenvalue weighted by atomic mass is 16.7. The van der Waals surface area contributed by atoms with Crippen molar-refractivity contribution in [1.82, 2.24) is 35.4 Å². The van der Waals surface area contributed by atoms with E-state index in [1.165, 1.54) is 6.92 Å². The first-order valence-corrected chi connectivity index (χ1v) is 26.9. The van der Waals surface area contributed by atoms with Crippen LogP contribution in [0.4, 0.5) is 15.3 Å². The van der Waals surface area contributed by atoms with Gasteiger partial charge in [0.05, 0.1) is 30.0 Å². The third kappa shape index (κ3) is 16.2. The molecular weight excluding hydrogens is 965 g/mol. The molecule has 0 radical (unpaired) electrons. The van der Waals surface area contributed by atoms with Crippen molar-refractivity contribution in [2.45, 2.75) is 207 Å². The molecule has 13 atom stereocenters. The maximum atomic E-state index is 14.7. The fraction of sp³-hybridized carbons (Fsp3) is 0.764.